The van der Waals surface area contributed by atoms with Gasteiger partial charge in [-0.05, 0) is 37.9 Å². The SMILES string of the molecule is COC(=O)c1ccn(CC2CCNCC2)c1.Cl. The third-order valence-corrected chi connectivity index (χ3v) is 3.10. The predicted octanol–water partition coefficient (Wildman–Crippen LogP) is 1.70. The van der Waals surface area contributed by atoms with Crippen LogP contribution in [-0.4, -0.2) is 30.7 Å². The van der Waals surface area contributed by atoms with Crippen LogP contribution in [0.25, 0.3) is 0 Å². The summed E-state index contributed by atoms with van der Waals surface area (Å²) in [6.07, 6.45) is 6.25. The molecule has 2 heterocycles. The first kappa shape index (κ1) is 14.1. The van der Waals surface area contributed by atoms with Gasteiger partial charge in [0.05, 0.1) is 12.7 Å². The smallest absolute Gasteiger partial charge is 0.339 e. The lowest BCUT2D eigenvalue weighted by molar-refractivity contribution is 0.0600. The first-order valence-electron chi connectivity index (χ1n) is 5.74. The molecule has 0 amide bonds. The third-order valence-electron chi connectivity index (χ3n) is 3.10. The van der Waals surface area contributed by atoms with E-state index in [1.165, 1.54) is 20.0 Å². The Kier molecular flexibility index (Phi) is 5.51. The van der Waals surface area contributed by atoms with E-state index >= 15 is 0 Å². The van der Waals surface area contributed by atoms with Gasteiger partial charge in [-0.25, -0.2) is 4.79 Å². The Morgan fingerprint density at radius 3 is 2.88 bits per heavy atom. The number of hydrogen-bond acceptors (Lipinski definition) is 3. The molecule has 1 fully saturated rings. The number of methoxy groups -OCH3 is 1. The molecule has 96 valence electrons. The van der Waals surface area contributed by atoms with E-state index in [2.05, 4.69) is 14.6 Å². The first-order valence-corrected chi connectivity index (χ1v) is 5.74. The van der Waals surface area contributed by atoms with Gasteiger partial charge in [0.25, 0.3) is 0 Å². The Morgan fingerprint density at radius 2 is 2.24 bits per heavy atom. The maximum Gasteiger partial charge on any atom is 0.339 e. The van der Waals surface area contributed by atoms with Crippen LogP contribution in [0.4, 0.5) is 0 Å². The zero-order valence-corrected chi connectivity index (χ0v) is 10.8. The van der Waals surface area contributed by atoms with E-state index in [1.807, 2.05) is 18.5 Å². The molecule has 0 atom stereocenters. The van der Waals surface area contributed by atoms with Gasteiger partial charge in [-0.15, -0.1) is 12.4 Å². The summed E-state index contributed by atoms with van der Waals surface area (Å²) in [6.45, 7) is 3.21. The van der Waals surface area contributed by atoms with Crippen molar-refractivity contribution in [3.63, 3.8) is 0 Å². The molecule has 1 aliphatic rings. The summed E-state index contributed by atoms with van der Waals surface area (Å²) in [5, 5.41) is 3.35. The number of carbonyl (C=O) groups is 1. The van der Waals surface area contributed by atoms with Crippen molar-refractivity contribution >= 4 is 18.4 Å². The van der Waals surface area contributed by atoms with Crippen LogP contribution in [0, 0.1) is 5.92 Å². The number of aromatic nitrogens is 1. The second-order valence-electron chi connectivity index (χ2n) is 4.28. The Hall–Kier alpha value is -1.00. The lowest BCUT2D eigenvalue weighted by Gasteiger charge is -2.22. The normalized spacial score (nSPS) is 16.3. The highest BCUT2D eigenvalue weighted by atomic mass is 35.5. The van der Waals surface area contributed by atoms with Crippen LogP contribution < -0.4 is 5.32 Å². The maximum absolute atomic E-state index is 11.3. The molecule has 0 aliphatic carbocycles. The summed E-state index contributed by atoms with van der Waals surface area (Å²) >= 11 is 0. The number of hydrogen-bond donors (Lipinski definition) is 1. The van der Waals surface area contributed by atoms with Gasteiger partial charge < -0.3 is 14.6 Å². The summed E-state index contributed by atoms with van der Waals surface area (Å²) in [7, 11) is 1.41. The van der Waals surface area contributed by atoms with Gasteiger partial charge in [0.15, 0.2) is 0 Å². The summed E-state index contributed by atoms with van der Waals surface area (Å²) in [5.41, 5.74) is 0.636. The van der Waals surface area contributed by atoms with Gasteiger partial charge in [0.2, 0.25) is 0 Å². The number of nitrogens with zero attached hydrogens (tertiary/aromatic N) is 1. The number of halogens is 1. The van der Waals surface area contributed by atoms with Crippen LogP contribution in [0.3, 0.4) is 0 Å². The average Bonchev–Trinajstić information content (AvgIpc) is 2.78. The maximum atomic E-state index is 11.3. The molecule has 0 bridgehead atoms. The minimum Gasteiger partial charge on any atom is -0.465 e. The lowest BCUT2D eigenvalue weighted by atomic mass is 9.98. The second kappa shape index (κ2) is 6.67. The molecule has 0 saturated carbocycles. The molecule has 5 heteroatoms. The van der Waals surface area contributed by atoms with Gasteiger partial charge in [-0.1, -0.05) is 0 Å². The Balaban J connectivity index is 0.00000144. The van der Waals surface area contributed by atoms with Crippen molar-refractivity contribution in [3.05, 3.63) is 24.0 Å². The van der Waals surface area contributed by atoms with E-state index < -0.39 is 0 Å². The average molecular weight is 259 g/mol. The second-order valence-corrected chi connectivity index (χ2v) is 4.28. The van der Waals surface area contributed by atoms with Crippen LogP contribution in [0.2, 0.25) is 0 Å². The molecule has 17 heavy (non-hydrogen) atoms. The van der Waals surface area contributed by atoms with Crippen molar-refractivity contribution < 1.29 is 9.53 Å². The largest absolute Gasteiger partial charge is 0.465 e. The summed E-state index contributed by atoms with van der Waals surface area (Å²) in [6, 6.07) is 1.81. The molecular formula is C12H19ClN2O2. The van der Waals surface area contributed by atoms with Crippen LogP contribution in [0.1, 0.15) is 23.2 Å². The molecule has 1 N–H and O–H groups in total. The Bertz CT molecular complexity index is 359. The predicted molar refractivity (Wildman–Crippen MR) is 68.6 cm³/mol. The van der Waals surface area contributed by atoms with Crippen molar-refractivity contribution in [2.24, 2.45) is 5.92 Å². The molecule has 1 aliphatic heterocycles. The molecule has 0 unspecified atom stereocenters. The minimum atomic E-state index is -0.260. The standard InChI is InChI=1S/C12H18N2O2.ClH/c1-16-12(15)11-4-7-14(9-11)8-10-2-5-13-6-3-10;/h4,7,9-10,13H,2-3,5-6,8H2,1H3;1H. The van der Waals surface area contributed by atoms with E-state index in [1.54, 1.807) is 0 Å². The van der Waals surface area contributed by atoms with Crippen molar-refractivity contribution in [2.45, 2.75) is 19.4 Å². The highest BCUT2D eigenvalue weighted by Crippen LogP contribution is 2.15. The molecule has 1 aromatic rings. The number of ether oxygens (including phenoxy) is 1. The van der Waals surface area contributed by atoms with Gasteiger partial charge >= 0.3 is 5.97 Å². The number of piperidine rings is 1. The first-order chi connectivity index (χ1) is 7.79. The van der Waals surface area contributed by atoms with E-state index in [9.17, 15) is 4.79 Å². The van der Waals surface area contributed by atoms with Gasteiger partial charge in [-0.3, -0.25) is 0 Å². The van der Waals surface area contributed by atoms with Gasteiger partial charge in [-0.2, -0.15) is 0 Å². The quantitative estimate of drug-likeness (QED) is 0.840. The van der Waals surface area contributed by atoms with Crippen molar-refractivity contribution in [2.75, 3.05) is 20.2 Å². The van der Waals surface area contributed by atoms with Crippen molar-refractivity contribution in [1.82, 2.24) is 9.88 Å². The highest BCUT2D eigenvalue weighted by Gasteiger charge is 2.14. The summed E-state index contributed by atoms with van der Waals surface area (Å²) < 4.78 is 6.76. The van der Waals surface area contributed by atoms with Crippen molar-refractivity contribution in [3.8, 4) is 0 Å². The van der Waals surface area contributed by atoms with Crippen LogP contribution in [-0.2, 0) is 11.3 Å². The van der Waals surface area contributed by atoms with Crippen LogP contribution in [0.5, 0.6) is 0 Å². The van der Waals surface area contributed by atoms with E-state index in [4.69, 9.17) is 0 Å². The highest BCUT2D eigenvalue weighted by molar-refractivity contribution is 5.89. The topological polar surface area (TPSA) is 43.3 Å². The molecule has 4 nitrogen and oxygen atoms in total. The van der Waals surface area contributed by atoms with Gasteiger partial charge in [0.1, 0.15) is 0 Å². The summed E-state index contributed by atoms with van der Waals surface area (Å²) in [5.74, 6) is 0.461. The minimum absolute atomic E-state index is 0. The molecule has 0 aromatic carbocycles. The van der Waals surface area contributed by atoms with E-state index in [0.29, 0.717) is 5.56 Å². The van der Waals surface area contributed by atoms with Crippen LogP contribution in [0.15, 0.2) is 18.5 Å². The number of esters is 1. The molecule has 0 radical (unpaired) electrons. The fraction of sp³-hybridized carbons (Fsp3) is 0.583. The van der Waals surface area contributed by atoms with Gasteiger partial charge in [0, 0.05) is 18.9 Å². The molecule has 0 spiro atoms. The fourth-order valence-corrected chi connectivity index (χ4v) is 2.16. The zero-order valence-electron chi connectivity index (χ0n) is 10.0. The molecule has 2 rings (SSSR count). The number of nitrogens with one attached hydrogen (secondary N) is 1. The summed E-state index contributed by atoms with van der Waals surface area (Å²) in [4.78, 5) is 11.3. The van der Waals surface area contributed by atoms with E-state index in [0.717, 1.165) is 25.6 Å². The fourth-order valence-electron chi connectivity index (χ4n) is 2.16. The Labute approximate surface area is 108 Å². The van der Waals surface area contributed by atoms with E-state index in [-0.39, 0.29) is 18.4 Å². The number of rotatable bonds is 3. The Morgan fingerprint density at radius 1 is 1.53 bits per heavy atom. The number of carbonyl (C=O) groups excluding carboxylic acids is 1. The van der Waals surface area contributed by atoms with Crippen LogP contribution >= 0.6 is 12.4 Å². The molecular weight excluding hydrogens is 240 g/mol. The third kappa shape index (κ3) is 3.75. The zero-order chi connectivity index (χ0) is 11.4. The molecule has 1 saturated heterocycles. The monoisotopic (exact) mass is 258 g/mol. The molecule has 1 aromatic heterocycles. The lowest BCUT2D eigenvalue weighted by Crippen LogP contribution is -2.29. The van der Waals surface area contributed by atoms with Crippen molar-refractivity contribution in [1.29, 1.82) is 0 Å².